The number of carbonyl (C=O) groups excluding carboxylic acids is 6. The number of ether oxygens (including phenoxy) is 4. The van der Waals surface area contributed by atoms with Gasteiger partial charge in [-0.1, -0.05) is 344 Å². The first-order valence-electron chi connectivity index (χ1n) is 50.6. The smallest absolute Gasteiger partial charge is 0.306 e. The molecular formula is C100H194N4O10. The van der Waals surface area contributed by atoms with Crippen molar-refractivity contribution in [3.8, 4) is 0 Å². The largest absolute Gasteiger partial charge is 0.466 e. The van der Waals surface area contributed by atoms with Gasteiger partial charge in [0.1, 0.15) is 12.2 Å². The monoisotopic (exact) mass is 1610 g/mol. The lowest BCUT2D eigenvalue weighted by Crippen LogP contribution is -2.50. The van der Waals surface area contributed by atoms with Crippen LogP contribution in [0.15, 0.2) is 0 Å². The van der Waals surface area contributed by atoms with Crippen LogP contribution in [0.5, 0.6) is 0 Å². The first-order valence-corrected chi connectivity index (χ1v) is 50.6. The zero-order valence-corrected chi connectivity index (χ0v) is 77.4. The Kier molecular flexibility index (Phi) is 86.5. The van der Waals surface area contributed by atoms with Crippen LogP contribution in [0.4, 0.5) is 0 Å². The van der Waals surface area contributed by atoms with E-state index in [1.807, 2.05) is 16.7 Å². The van der Waals surface area contributed by atoms with Crippen LogP contribution in [0.25, 0.3) is 0 Å². The Bertz CT molecular complexity index is 2040. The van der Waals surface area contributed by atoms with E-state index in [9.17, 15) is 28.8 Å². The average Bonchev–Trinajstić information content (AvgIpc) is 0.872. The molecule has 0 atom stereocenters. The van der Waals surface area contributed by atoms with Crippen molar-refractivity contribution in [3.05, 3.63) is 0 Å². The quantitative estimate of drug-likeness (QED) is 0.0324. The SMILES string of the molecule is CCCCCCCCC(CCCCCCCC)OC(=O)CCCCCCCN(CCCC)CCCCCCCCCC(=O)OCCCCCCC.CCCCCCCCCOC(=O)CCCCCCCN(CCCCCCCC(=O)OC(CCCCCCCC)CCCCCCCC)CCCCC(=O)N1CCN(C(=O)CC)CC1. The van der Waals surface area contributed by atoms with E-state index < -0.39 is 0 Å². The number of hydrogen-bond acceptors (Lipinski definition) is 12. The summed E-state index contributed by atoms with van der Waals surface area (Å²) in [4.78, 5) is 83.9. The van der Waals surface area contributed by atoms with E-state index in [4.69, 9.17) is 18.9 Å². The lowest BCUT2D eigenvalue weighted by atomic mass is 10.0. The van der Waals surface area contributed by atoms with Crippen molar-refractivity contribution in [2.24, 2.45) is 0 Å². The summed E-state index contributed by atoms with van der Waals surface area (Å²) in [5.74, 6) is 0.420. The Morgan fingerprint density at radius 3 is 0.719 bits per heavy atom. The second kappa shape index (κ2) is 89.0. The minimum atomic E-state index is -0.0364. The Labute approximate surface area is 707 Å². The zero-order chi connectivity index (χ0) is 83.2. The molecule has 0 spiro atoms. The number of esters is 4. The molecule has 674 valence electrons. The molecule has 2 amide bonds. The van der Waals surface area contributed by atoms with E-state index in [0.29, 0.717) is 77.9 Å². The molecule has 1 rings (SSSR count). The Morgan fingerprint density at radius 1 is 0.228 bits per heavy atom. The van der Waals surface area contributed by atoms with E-state index in [1.165, 1.54) is 309 Å². The van der Waals surface area contributed by atoms with Gasteiger partial charge in [0.05, 0.1) is 13.2 Å². The molecule has 0 N–H and O–H groups in total. The highest BCUT2D eigenvalue weighted by Gasteiger charge is 2.24. The zero-order valence-electron chi connectivity index (χ0n) is 77.4. The number of unbranched alkanes of at least 4 members (excludes halogenated alkanes) is 50. The van der Waals surface area contributed by atoms with Crippen LogP contribution in [0, 0.1) is 0 Å². The van der Waals surface area contributed by atoms with Crippen LogP contribution in [-0.4, -0.2) is 146 Å². The third-order valence-electron chi connectivity index (χ3n) is 23.8. The molecule has 0 aromatic carbocycles. The molecule has 0 aromatic heterocycles. The van der Waals surface area contributed by atoms with E-state index in [2.05, 4.69) is 58.3 Å². The van der Waals surface area contributed by atoms with Gasteiger partial charge in [-0.15, -0.1) is 0 Å². The third kappa shape index (κ3) is 77.4. The predicted octanol–water partition coefficient (Wildman–Crippen LogP) is 28.4. The third-order valence-corrected chi connectivity index (χ3v) is 23.8. The van der Waals surface area contributed by atoms with Gasteiger partial charge in [-0.2, -0.15) is 0 Å². The summed E-state index contributed by atoms with van der Waals surface area (Å²) in [7, 11) is 0. The summed E-state index contributed by atoms with van der Waals surface area (Å²) in [6, 6.07) is 0. The molecule has 0 radical (unpaired) electrons. The van der Waals surface area contributed by atoms with E-state index >= 15 is 0 Å². The molecule has 1 fully saturated rings. The first-order chi connectivity index (χ1) is 55.9. The van der Waals surface area contributed by atoms with Crippen LogP contribution < -0.4 is 0 Å². The molecule has 114 heavy (non-hydrogen) atoms. The van der Waals surface area contributed by atoms with E-state index in [1.54, 1.807) is 0 Å². The van der Waals surface area contributed by atoms with Gasteiger partial charge in [-0.3, -0.25) is 28.8 Å². The number of amides is 2. The summed E-state index contributed by atoms with van der Waals surface area (Å²) in [6.07, 6.45) is 83.0. The van der Waals surface area contributed by atoms with Gasteiger partial charge < -0.3 is 38.5 Å². The molecule has 1 heterocycles. The fourth-order valence-corrected chi connectivity index (χ4v) is 16.0. The van der Waals surface area contributed by atoms with Crippen molar-refractivity contribution >= 4 is 35.7 Å². The fourth-order valence-electron chi connectivity index (χ4n) is 16.0. The molecule has 1 aliphatic rings. The highest BCUT2D eigenvalue weighted by Crippen LogP contribution is 2.23. The van der Waals surface area contributed by atoms with Gasteiger partial charge in [0.25, 0.3) is 0 Å². The number of rotatable bonds is 87. The average molecular weight is 1610 g/mol. The van der Waals surface area contributed by atoms with Crippen molar-refractivity contribution in [1.29, 1.82) is 0 Å². The van der Waals surface area contributed by atoms with Crippen LogP contribution >= 0.6 is 0 Å². The molecule has 1 saturated heterocycles. The summed E-state index contributed by atoms with van der Waals surface area (Å²) in [6.45, 7) is 28.3. The first kappa shape index (κ1) is 111. The second-order valence-corrected chi connectivity index (χ2v) is 34.8. The molecule has 0 aromatic rings. The summed E-state index contributed by atoms with van der Waals surface area (Å²) < 4.78 is 23.0. The van der Waals surface area contributed by atoms with Crippen LogP contribution in [0.1, 0.15) is 518 Å². The molecule has 0 aliphatic carbocycles. The maximum absolute atomic E-state index is 13.0. The maximum Gasteiger partial charge on any atom is 0.306 e. The van der Waals surface area contributed by atoms with Crippen molar-refractivity contribution in [2.75, 3.05) is 78.7 Å². The topological polar surface area (TPSA) is 152 Å². The van der Waals surface area contributed by atoms with Crippen LogP contribution in [-0.2, 0) is 47.7 Å². The van der Waals surface area contributed by atoms with Crippen molar-refractivity contribution in [3.63, 3.8) is 0 Å². The Hall–Kier alpha value is -3.26. The Balaban J connectivity index is 0.00000229. The van der Waals surface area contributed by atoms with Crippen molar-refractivity contribution < 1.29 is 47.7 Å². The van der Waals surface area contributed by atoms with E-state index in [0.717, 1.165) is 154 Å². The minimum Gasteiger partial charge on any atom is -0.466 e. The van der Waals surface area contributed by atoms with Crippen LogP contribution in [0.3, 0.4) is 0 Å². The maximum atomic E-state index is 13.0. The molecule has 0 saturated carbocycles. The van der Waals surface area contributed by atoms with Crippen molar-refractivity contribution in [2.45, 2.75) is 530 Å². The molecule has 1 aliphatic heterocycles. The van der Waals surface area contributed by atoms with Crippen LogP contribution in [0.2, 0.25) is 0 Å². The number of carbonyl (C=O) groups is 6. The van der Waals surface area contributed by atoms with Gasteiger partial charge in [0.15, 0.2) is 0 Å². The number of hydrogen-bond donors (Lipinski definition) is 0. The van der Waals surface area contributed by atoms with Gasteiger partial charge >= 0.3 is 23.9 Å². The summed E-state index contributed by atoms with van der Waals surface area (Å²) >= 11 is 0. The summed E-state index contributed by atoms with van der Waals surface area (Å²) in [5, 5.41) is 0. The molecule has 0 bridgehead atoms. The van der Waals surface area contributed by atoms with Gasteiger partial charge in [0.2, 0.25) is 11.8 Å². The standard InChI is InChI=1S/C54H103N3O6.C46H91NO4/c1-5-9-12-15-18-27-36-49-62-53(60)40-30-23-19-25-33-42-55(44-35-32-39-52(59)57-47-45-56(46-48-57)51(58)8-4)43-34-26-20-24-31-41-54(61)63-50(37-28-21-16-13-10-6-2)38-29-22-17-14-11-7-3;1-5-9-13-16-22-29-36-44(37-30-23-17-14-10-6-2)51-46(49)39-32-25-21-27-34-42-47(40-12-8-4)41-33-26-20-18-19-24-31-38-45(48)50-43-35-28-15-11-7-3/h50H,5-49H2,1-4H3;44H,5-43H2,1-4H3. The Morgan fingerprint density at radius 2 is 0.439 bits per heavy atom. The van der Waals surface area contributed by atoms with Gasteiger partial charge in [0, 0.05) is 64.7 Å². The van der Waals surface area contributed by atoms with Crippen molar-refractivity contribution in [1.82, 2.24) is 19.6 Å². The highest BCUT2D eigenvalue weighted by molar-refractivity contribution is 5.78. The molecule has 0 unspecified atom stereocenters. The number of piperazine rings is 1. The minimum absolute atomic E-state index is 0.00116. The molecule has 14 nitrogen and oxygen atoms in total. The molecule has 14 heteroatoms. The van der Waals surface area contributed by atoms with Gasteiger partial charge in [-0.05, 0) is 174 Å². The summed E-state index contributed by atoms with van der Waals surface area (Å²) in [5.41, 5.74) is 0. The molecular weight excluding hydrogens is 1420 g/mol. The fraction of sp³-hybridized carbons (Fsp3) is 0.940. The van der Waals surface area contributed by atoms with E-state index in [-0.39, 0.29) is 47.9 Å². The highest BCUT2D eigenvalue weighted by atomic mass is 16.6. The number of nitrogens with zero attached hydrogens (tertiary/aromatic N) is 4. The predicted molar refractivity (Wildman–Crippen MR) is 486 cm³/mol. The van der Waals surface area contributed by atoms with Gasteiger partial charge in [-0.25, -0.2) is 0 Å². The second-order valence-electron chi connectivity index (χ2n) is 34.8. The lowest BCUT2D eigenvalue weighted by molar-refractivity contribution is -0.151. The lowest BCUT2D eigenvalue weighted by Gasteiger charge is -2.34. The normalized spacial score (nSPS) is 12.4.